The molecule has 2 rings (SSSR count). The lowest BCUT2D eigenvalue weighted by atomic mass is 10.2. The van der Waals surface area contributed by atoms with Crippen LogP contribution in [0.1, 0.15) is 11.1 Å². The molecule has 0 amide bonds. The van der Waals surface area contributed by atoms with Crippen LogP contribution in [-0.2, 0) is 13.1 Å². The summed E-state index contributed by atoms with van der Waals surface area (Å²) < 4.78 is 14.7. The van der Waals surface area contributed by atoms with E-state index in [1.807, 2.05) is 6.20 Å². The number of nitrogens with zero attached hydrogens (tertiary/aromatic N) is 2. The third-order valence-electron chi connectivity index (χ3n) is 2.26. The Morgan fingerprint density at radius 1 is 1.44 bits per heavy atom. The zero-order chi connectivity index (χ0) is 11.5. The molecule has 0 radical (unpaired) electrons. The highest BCUT2D eigenvalue weighted by Crippen LogP contribution is 2.18. The summed E-state index contributed by atoms with van der Waals surface area (Å²) in [6, 6.07) is 4.28. The van der Waals surface area contributed by atoms with E-state index in [0.717, 1.165) is 5.56 Å². The predicted molar refractivity (Wildman–Crippen MR) is 60.6 cm³/mol. The molecule has 1 heterocycles. The summed E-state index contributed by atoms with van der Waals surface area (Å²) in [5, 5.41) is 4.64. The second kappa shape index (κ2) is 4.63. The van der Waals surface area contributed by atoms with Crippen LogP contribution in [0.5, 0.6) is 0 Å². The number of halogens is 2. The number of rotatable bonds is 3. The van der Waals surface area contributed by atoms with Gasteiger partial charge in [-0.05, 0) is 23.8 Å². The van der Waals surface area contributed by atoms with Gasteiger partial charge in [0.05, 0.1) is 12.7 Å². The van der Waals surface area contributed by atoms with Crippen LogP contribution in [0.25, 0.3) is 0 Å². The topological polar surface area (TPSA) is 43.8 Å². The molecule has 0 saturated carbocycles. The van der Waals surface area contributed by atoms with Gasteiger partial charge in [-0.25, -0.2) is 4.39 Å². The van der Waals surface area contributed by atoms with Crippen LogP contribution in [-0.4, -0.2) is 9.78 Å². The fraction of sp³-hybridized carbons (Fsp3) is 0.182. The van der Waals surface area contributed by atoms with E-state index in [2.05, 4.69) is 5.10 Å². The first-order chi connectivity index (χ1) is 7.69. The summed E-state index contributed by atoms with van der Waals surface area (Å²) in [7, 11) is 0. The molecule has 0 aliphatic rings. The first kappa shape index (κ1) is 11.1. The molecule has 1 aromatic heterocycles. The summed E-state index contributed by atoms with van der Waals surface area (Å²) in [5.41, 5.74) is 7.11. The molecule has 0 unspecified atom stereocenters. The zero-order valence-corrected chi connectivity index (χ0v) is 9.28. The van der Waals surface area contributed by atoms with Crippen molar-refractivity contribution in [3.63, 3.8) is 0 Å². The molecule has 0 bridgehead atoms. The highest BCUT2D eigenvalue weighted by molar-refractivity contribution is 6.31. The van der Waals surface area contributed by atoms with E-state index in [9.17, 15) is 4.39 Å². The molecule has 16 heavy (non-hydrogen) atoms. The molecule has 5 heteroatoms. The number of hydrogen-bond acceptors (Lipinski definition) is 2. The zero-order valence-electron chi connectivity index (χ0n) is 8.53. The fourth-order valence-electron chi connectivity index (χ4n) is 1.44. The Hall–Kier alpha value is -1.39. The van der Waals surface area contributed by atoms with Crippen molar-refractivity contribution in [2.24, 2.45) is 5.73 Å². The average molecular weight is 240 g/mol. The number of nitrogens with two attached hydrogens (primary N) is 1. The average Bonchev–Trinajstić information content (AvgIpc) is 2.71. The van der Waals surface area contributed by atoms with Crippen molar-refractivity contribution >= 4 is 11.6 Å². The van der Waals surface area contributed by atoms with Gasteiger partial charge in [0.1, 0.15) is 5.82 Å². The van der Waals surface area contributed by atoms with E-state index < -0.39 is 0 Å². The van der Waals surface area contributed by atoms with E-state index in [4.69, 9.17) is 17.3 Å². The lowest BCUT2D eigenvalue weighted by molar-refractivity contribution is 0.619. The fourth-order valence-corrected chi connectivity index (χ4v) is 1.61. The van der Waals surface area contributed by atoms with E-state index in [1.54, 1.807) is 16.9 Å². The monoisotopic (exact) mass is 239 g/mol. The first-order valence-electron chi connectivity index (χ1n) is 4.84. The molecular weight excluding hydrogens is 229 g/mol. The van der Waals surface area contributed by atoms with Crippen LogP contribution >= 0.6 is 11.6 Å². The van der Waals surface area contributed by atoms with Crippen LogP contribution in [0.15, 0.2) is 30.6 Å². The maximum absolute atomic E-state index is 13.0. The minimum absolute atomic E-state index is 0.300. The maximum Gasteiger partial charge on any atom is 0.123 e. The van der Waals surface area contributed by atoms with Crippen LogP contribution in [0.3, 0.4) is 0 Å². The molecule has 1 aromatic carbocycles. The van der Waals surface area contributed by atoms with Crippen LogP contribution < -0.4 is 5.73 Å². The van der Waals surface area contributed by atoms with Gasteiger partial charge in [-0.2, -0.15) is 5.10 Å². The van der Waals surface area contributed by atoms with E-state index in [1.165, 1.54) is 12.1 Å². The largest absolute Gasteiger partial charge is 0.326 e. The maximum atomic E-state index is 13.0. The van der Waals surface area contributed by atoms with Gasteiger partial charge in [0, 0.05) is 23.3 Å². The minimum atomic E-state index is -0.300. The Morgan fingerprint density at radius 2 is 2.25 bits per heavy atom. The van der Waals surface area contributed by atoms with E-state index >= 15 is 0 Å². The number of benzene rings is 1. The smallest absolute Gasteiger partial charge is 0.123 e. The number of hydrogen-bond donors (Lipinski definition) is 1. The van der Waals surface area contributed by atoms with E-state index in [0.29, 0.717) is 23.7 Å². The third kappa shape index (κ3) is 2.40. The second-order valence-corrected chi connectivity index (χ2v) is 3.89. The standard InChI is InChI=1S/C11H11ClFN3/c12-11-2-1-10(13)3-9(11)7-16-6-8(4-14)5-15-16/h1-3,5-6H,4,7,14H2. The van der Waals surface area contributed by atoms with Crippen molar-refractivity contribution in [2.75, 3.05) is 0 Å². The molecule has 84 valence electrons. The minimum Gasteiger partial charge on any atom is -0.326 e. The third-order valence-corrected chi connectivity index (χ3v) is 2.63. The van der Waals surface area contributed by atoms with Gasteiger partial charge in [-0.3, -0.25) is 4.68 Å². The molecule has 0 saturated heterocycles. The lowest BCUT2D eigenvalue weighted by Crippen LogP contribution is -2.01. The molecule has 0 fully saturated rings. The van der Waals surface area contributed by atoms with Crippen LogP contribution in [0.4, 0.5) is 4.39 Å². The SMILES string of the molecule is NCc1cnn(Cc2cc(F)ccc2Cl)c1. The summed E-state index contributed by atoms with van der Waals surface area (Å²) in [5.74, 6) is -0.300. The summed E-state index contributed by atoms with van der Waals surface area (Å²) in [4.78, 5) is 0. The first-order valence-corrected chi connectivity index (χ1v) is 5.22. The van der Waals surface area contributed by atoms with E-state index in [-0.39, 0.29) is 5.82 Å². The van der Waals surface area contributed by atoms with Crippen molar-refractivity contribution in [3.8, 4) is 0 Å². The quantitative estimate of drug-likeness (QED) is 0.892. The van der Waals surface area contributed by atoms with Gasteiger partial charge in [0.25, 0.3) is 0 Å². The predicted octanol–water partition coefficient (Wildman–Crippen LogP) is 2.18. The second-order valence-electron chi connectivity index (χ2n) is 3.49. The highest BCUT2D eigenvalue weighted by Gasteiger charge is 2.04. The summed E-state index contributed by atoms with van der Waals surface area (Å²) in [6.07, 6.45) is 3.51. The molecular formula is C11H11ClFN3. The van der Waals surface area contributed by atoms with Crippen LogP contribution in [0, 0.1) is 5.82 Å². The normalized spacial score (nSPS) is 10.7. The number of aromatic nitrogens is 2. The Kier molecular flexibility index (Phi) is 3.22. The van der Waals surface area contributed by atoms with Crippen molar-refractivity contribution in [2.45, 2.75) is 13.1 Å². The lowest BCUT2D eigenvalue weighted by Gasteiger charge is -2.04. The van der Waals surface area contributed by atoms with Crippen molar-refractivity contribution in [1.82, 2.24) is 9.78 Å². The molecule has 2 N–H and O–H groups in total. The Labute approximate surface area is 97.6 Å². The molecule has 0 aliphatic carbocycles. The molecule has 0 spiro atoms. The molecule has 2 aromatic rings. The van der Waals surface area contributed by atoms with Gasteiger partial charge in [0.2, 0.25) is 0 Å². The highest BCUT2D eigenvalue weighted by atomic mass is 35.5. The van der Waals surface area contributed by atoms with Gasteiger partial charge in [0.15, 0.2) is 0 Å². The van der Waals surface area contributed by atoms with Crippen molar-refractivity contribution in [3.05, 3.63) is 52.6 Å². The Bertz CT molecular complexity index is 496. The summed E-state index contributed by atoms with van der Waals surface area (Å²) >= 11 is 5.95. The van der Waals surface area contributed by atoms with Gasteiger partial charge in [-0.1, -0.05) is 11.6 Å². The summed E-state index contributed by atoms with van der Waals surface area (Å²) in [6.45, 7) is 0.882. The Balaban J connectivity index is 2.22. The van der Waals surface area contributed by atoms with Gasteiger partial charge in [-0.15, -0.1) is 0 Å². The molecule has 0 aliphatic heterocycles. The van der Waals surface area contributed by atoms with Gasteiger partial charge >= 0.3 is 0 Å². The molecule has 0 atom stereocenters. The van der Waals surface area contributed by atoms with Gasteiger partial charge < -0.3 is 5.73 Å². The van der Waals surface area contributed by atoms with Crippen molar-refractivity contribution < 1.29 is 4.39 Å². The molecule has 3 nitrogen and oxygen atoms in total. The Morgan fingerprint density at radius 3 is 2.94 bits per heavy atom. The van der Waals surface area contributed by atoms with Crippen molar-refractivity contribution in [1.29, 1.82) is 0 Å². The van der Waals surface area contributed by atoms with Crippen LogP contribution in [0.2, 0.25) is 5.02 Å².